The molecule has 2 aromatic carbocycles. The van der Waals surface area contributed by atoms with Crippen molar-refractivity contribution in [2.75, 3.05) is 17.2 Å². The number of halogens is 1. The lowest BCUT2D eigenvalue weighted by Crippen LogP contribution is -2.15. The van der Waals surface area contributed by atoms with Gasteiger partial charge in [-0.15, -0.1) is 0 Å². The first-order valence-corrected chi connectivity index (χ1v) is 9.74. The highest BCUT2D eigenvalue weighted by atomic mass is 79.9. The lowest BCUT2D eigenvalue weighted by Gasteiger charge is -2.14. The fourth-order valence-corrected chi connectivity index (χ4v) is 2.85. The second-order valence-corrected chi connectivity index (χ2v) is 7.54. The van der Waals surface area contributed by atoms with Crippen LogP contribution in [0.5, 0.6) is 5.75 Å². The number of carbonyl (C=O) groups excluding carboxylic acids is 2. The second-order valence-electron chi connectivity index (χ2n) is 6.68. The van der Waals surface area contributed by atoms with Crippen LogP contribution in [0, 0.1) is 12.8 Å². The first kappa shape index (κ1) is 21.0. The van der Waals surface area contributed by atoms with Gasteiger partial charge in [0.05, 0.1) is 11.1 Å². The molecule has 2 aromatic rings. The van der Waals surface area contributed by atoms with Gasteiger partial charge in [0, 0.05) is 23.4 Å². The van der Waals surface area contributed by atoms with Crippen LogP contribution in [0.4, 0.5) is 11.4 Å². The number of anilines is 2. The molecule has 5 nitrogen and oxygen atoms in total. The van der Waals surface area contributed by atoms with Crippen LogP contribution in [0.1, 0.15) is 43.1 Å². The van der Waals surface area contributed by atoms with E-state index in [2.05, 4.69) is 40.4 Å². The average molecular weight is 433 g/mol. The van der Waals surface area contributed by atoms with Gasteiger partial charge >= 0.3 is 0 Å². The lowest BCUT2D eigenvalue weighted by molar-refractivity contribution is -0.115. The van der Waals surface area contributed by atoms with Crippen LogP contribution in [0.25, 0.3) is 0 Å². The molecule has 0 aliphatic carbocycles. The highest BCUT2D eigenvalue weighted by Gasteiger charge is 2.13. The van der Waals surface area contributed by atoms with E-state index in [1.165, 1.54) is 0 Å². The monoisotopic (exact) mass is 432 g/mol. The summed E-state index contributed by atoms with van der Waals surface area (Å²) in [5.41, 5.74) is 2.67. The minimum atomic E-state index is -0.229. The van der Waals surface area contributed by atoms with Gasteiger partial charge in [-0.2, -0.15) is 0 Å². The van der Waals surface area contributed by atoms with Crippen molar-refractivity contribution < 1.29 is 14.3 Å². The van der Waals surface area contributed by atoms with Gasteiger partial charge in [0.15, 0.2) is 0 Å². The summed E-state index contributed by atoms with van der Waals surface area (Å²) in [6, 6.07) is 10.7. The summed E-state index contributed by atoms with van der Waals surface area (Å²) >= 11 is 3.46. The molecule has 0 heterocycles. The Morgan fingerprint density at radius 2 is 1.78 bits per heavy atom. The number of ether oxygens (including phenoxy) is 1. The van der Waals surface area contributed by atoms with E-state index in [1.54, 1.807) is 31.2 Å². The topological polar surface area (TPSA) is 67.4 Å². The van der Waals surface area contributed by atoms with Crippen molar-refractivity contribution >= 4 is 39.1 Å². The Hall–Kier alpha value is -2.34. The van der Waals surface area contributed by atoms with Crippen molar-refractivity contribution in [3.63, 3.8) is 0 Å². The van der Waals surface area contributed by atoms with E-state index in [1.807, 2.05) is 19.1 Å². The quantitative estimate of drug-likeness (QED) is 0.615. The normalized spacial score (nSPS) is 10.6. The minimum absolute atomic E-state index is 0.0671. The summed E-state index contributed by atoms with van der Waals surface area (Å²) in [6.07, 6.45) is 0.398. The van der Waals surface area contributed by atoms with Gasteiger partial charge in [-0.25, -0.2) is 0 Å². The van der Waals surface area contributed by atoms with E-state index in [4.69, 9.17) is 4.74 Å². The highest BCUT2D eigenvalue weighted by molar-refractivity contribution is 9.10. The van der Waals surface area contributed by atoms with Gasteiger partial charge in [-0.3, -0.25) is 9.59 Å². The van der Waals surface area contributed by atoms with Crippen molar-refractivity contribution in [2.24, 2.45) is 5.92 Å². The van der Waals surface area contributed by atoms with Crippen LogP contribution in [-0.2, 0) is 4.79 Å². The highest BCUT2D eigenvalue weighted by Crippen LogP contribution is 2.28. The molecule has 0 atom stereocenters. The molecule has 0 aliphatic heterocycles. The Bertz CT molecular complexity index is 834. The Morgan fingerprint density at radius 3 is 2.37 bits per heavy atom. The van der Waals surface area contributed by atoms with Crippen LogP contribution < -0.4 is 15.4 Å². The molecule has 0 fully saturated rings. The smallest absolute Gasteiger partial charge is 0.255 e. The molecule has 0 saturated heterocycles. The number of amides is 2. The predicted octanol–water partition coefficient (Wildman–Crippen LogP) is 5.39. The van der Waals surface area contributed by atoms with Crippen LogP contribution in [0.2, 0.25) is 0 Å². The molecule has 2 N–H and O–H groups in total. The molecule has 0 radical (unpaired) electrons. The molecule has 6 heteroatoms. The van der Waals surface area contributed by atoms with Crippen molar-refractivity contribution in [1.29, 1.82) is 0 Å². The summed E-state index contributed by atoms with van der Waals surface area (Å²) in [5, 5.41) is 5.74. The average Bonchev–Trinajstić information content (AvgIpc) is 2.63. The molecule has 2 amide bonds. The first-order chi connectivity index (χ1) is 12.8. The van der Waals surface area contributed by atoms with Gasteiger partial charge in [0.25, 0.3) is 5.91 Å². The molecule has 27 heavy (non-hydrogen) atoms. The van der Waals surface area contributed by atoms with Crippen molar-refractivity contribution in [3.8, 4) is 5.75 Å². The van der Waals surface area contributed by atoms with E-state index < -0.39 is 0 Å². The summed E-state index contributed by atoms with van der Waals surface area (Å²) in [5.74, 6) is 0.833. The molecule has 0 bridgehead atoms. The Balaban J connectivity index is 2.14. The molecule has 0 saturated carbocycles. The number of rotatable bonds is 7. The third-order valence-electron chi connectivity index (χ3n) is 3.94. The van der Waals surface area contributed by atoms with Crippen LogP contribution >= 0.6 is 15.9 Å². The van der Waals surface area contributed by atoms with Gasteiger partial charge < -0.3 is 15.4 Å². The largest absolute Gasteiger partial charge is 0.492 e. The van der Waals surface area contributed by atoms with Crippen molar-refractivity contribution in [3.05, 3.63) is 52.0 Å². The molecule has 0 spiro atoms. The van der Waals surface area contributed by atoms with Gasteiger partial charge in [0.2, 0.25) is 5.91 Å². The van der Waals surface area contributed by atoms with E-state index in [0.717, 1.165) is 10.0 Å². The Morgan fingerprint density at radius 1 is 1.11 bits per heavy atom. The summed E-state index contributed by atoms with van der Waals surface area (Å²) in [4.78, 5) is 24.3. The number of benzene rings is 2. The standard InChI is InChI=1S/C21H25BrN2O3/c1-5-20(25)23-17-7-6-8-18(14(17)4)24-21(26)15-9-10-19(16(22)11-15)27-12-13(2)3/h6-11,13H,5,12H2,1-4H3,(H,23,25)(H,24,26). The van der Waals surface area contributed by atoms with Crippen molar-refractivity contribution in [2.45, 2.75) is 34.1 Å². The second kappa shape index (κ2) is 9.55. The zero-order valence-corrected chi connectivity index (χ0v) is 17.6. The summed E-state index contributed by atoms with van der Waals surface area (Å²) in [7, 11) is 0. The molecule has 0 aromatic heterocycles. The SMILES string of the molecule is CCC(=O)Nc1cccc(NC(=O)c2ccc(OCC(C)C)c(Br)c2)c1C. The molecular formula is C21H25BrN2O3. The van der Waals surface area contributed by atoms with Crippen LogP contribution in [0.3, 0.4) is 0 Å². The van der Waals surface area contributed by atoms with E-state index >= 15 is 0 Å². The minimum Gasteiger partial charge on any atom is -0.492 e. The van der Waals surface area contributed by atoms with Gasteiger partial charge in [0.1, 0.15) is 5.75 Å². The summed E-state index contributed by atoms with van der Waals surface area (Å²) < 4.78 is 6.45. The van der Waals surface area contributed by atoms with E-state index in [0.29, 0.717) is 41.6 Å². The van der Waals surface area contributed by atoms with Crippen molar-refractivity contribution in [1.82, 2.24) is 0 Å². The maximum absolute atomic E-state index is 12.6. The first-order valence-electron chi connectivity index (χ1n) is 8.95. The zero-order valence-electron chi connectivity index (χ0n) is 16.1. The van der Waals surface area contributed by atoms with E-state index in [-0.39, 0.29) is 11.8 Å². The van der Waals surface area contributed by atoms with Crippen LogP contribution in [-0.4, -0.2) is 18.4 Å². The third kappa shape index (κ3) is 5.82. The van der Waals surface area contributed by atoms with Gasteiger partial charge in [-0.05, 0) is 64.7 Å². The molecule has 0 aliphatic rings. The maximum atomic E-state index is 12.6. The lowest BCUT2D eigenvalue weighted by atomic mass is 10.1. The van der Waals surface area contributed by atoms with E-state index in [9.17, 15) is 9.59 Å². The Labute approximate surface area is 168 Å². The molecular weight excluding hydrogens is 408 g/mol. The fraction of sp³-hybridized carbons (Fsp3) is 0.333. The third-order valence-corrected chi connectivity index (χ3v) is 4.56. The number of hydrogen-bond acceptors (Lipinski definition) is 3. The van der Waals surface area contributed by atoms with Gasteiger partial charge in [-0.1, -0.05) is 26.8 Å². The zero-order chi connectivity index (χ0) is 20.0. The fourth-order valence-electron chi connectivity index (χ4n) is 2.36. The predicted molar refractivity (Wildman–Crippen MR) is 113 cm³/mol. The molecule has 0 unspecified atom stereocenters. The number of nitrogens with one attached hydrogen (secondary N) is 2. The number of hydrogen-bond donors (Lipinski definition) is 2. The molecule has 2 rings (SSSR count). The number of carbonyl (C=O) groups is 2. The maximum Gasteiger partial charge on any atom is 0.255 e. The van der Waals surface area contributed by atoms with Crippen LogP contribution in [0.15, 0.2) is 40.9 Å². The summed E-state index contributed by atoms with van der Waals surface area (Å²) in [6.45, 7) is 8.42. The Kier molecular flexibility index (Phi) is 7.42. The molecule has 144 valence electrons.